The van der Waals surface area contributed by atoms with Crippen LogP contribution in [0.3, 0.4) is 0 Å². The summed E-state index contributed by atoms with van der Waals surface area (Å²) in [6.45, 7) is 0. The predicted molar refractivity (Wildman–Crippen MR) is 47.7 cm³/mol. The number of pyridine rings is 1. The Hall–Kier alpha value is -1.22. The van der Waals surface area contributed by atoms with Crippen molar-refractivity contribution >= 4 is 22.5 Å². The van der Waals surface area contributed by atoms with Crippen LogP contribution >= 0.6 is 11.6 Å². The Kier molecular flexibility index (Phi) is 1.66. The SMILES string of the molecule is COc1nccc2[nH]cc(Cl)c12. The van der Waals surface area contributed by atoms with Crippen LogP contribution in [0.4, 0.5) is 0 Å². The number of methoxy groups -OCH3 is 1. The van der Waals surface area contributed by atoms with Gasteiger partial charge in [-0.15, -0.1) is 0 Å². The van der Waals surface area contributed by atoms with Crippen molar-refractivity contribution in [2.75, 3.05) is 7.11 Å². The smallest absolute Gasteiger partial charge is 0.224 e. The van der Waals surface area contributed by atoms with Gasteiger partial charge in [-0.2, -0.15) is 0 Å². The van der Waals surface area contributed by atoms with Crippen molar-refractivity contribution in [3.05, 3.63) is 23.5 Å². The monoisotopic (exact) mass is 182 g/mol. The first-order chi connectivity index (χ1) is 5.83. The zero-order valence-electron chi connectivity index (χ0n) is 6.47. The maximum absolute atomic E-state index is 5.91. The number of halogens is 1. The van der Waals surface area contributed by atoms with Crippen LogP contribution in [0.25, 0.3) is 10.9 Å². The average molecular weight is 183 g/mol. The Balaban J connectivity index is 2.84. The molecular weight excluding hydrogens is 176 g/mol. The Labute approximate surface area is 74.3 Å². The second kappa shape index (κ2) is 2.68. The quantitative estimate of drug-likeness (QED) is 0.735. The predicted octanol–water partition coefficient (Wildman–Crippen LogP) is 2.22. The van der Waals surface area contributed by atoms with Gasteiger partial charge in [0.2, 0.25) is 5.88 Å². The minimum absolute atomic E-state index is 0.554. The molecule has 0 atom stereocenters. The lowest BCUT2D eigenvalue weighted by Gasteiger charge is -1.98. The molecular formula is C8H7ClN2O. The number of ether oxygens (including phenoxy) is 1. The number of fused-ring (bicyclic) bond motifs is 1. The van der Waals surface area contributed by atoms with Gasteiger partial charge < -0.3 is 9.72 Å². The van der Waals surface area contributed by atoms with E-state index in [2.05, 4.69) is 9.97 Å². The maximum Gasteiger partial charge on any atom is 0.224 e. The molecule has 12 heavy (non-hydrogen) atoms. The first-order valence-electron chi connectivity index (χ1n) is 3.48. The normalized spacial score (nSPS) is 10.5. The summed E-state index contributed by atoms with van der Waals surface area (Å²) in [5.74, 6) is 0.554. The fourth-order valence-electron chi connectivity index (χ4n) is 1.16. The van der Waals surface area contributed by atoms with E-state index in [1.165, 1.54) is 0 Å². The van der Waals surface area contributed by atoms with Crippen molar-refractivity contribution < 1.29 is 4.74 Å². The molecule has 0 aliphatic carbocycles. The van der Waals surface area contributed by atoms with Crippen LogP contribution < -0.4 is 4.74 Å². The number of hydrogen-bond donors (Lipinski definition) is 1. The third-order valence-corrected chi connectivity index (χ3v) is 2.00. The summed E-state index contributed by atoms with van der Waals surface area (Å²) in [6.07, 6.45) is 3.39. The summed E-state index contributed by atoms with van der Waals surface area (Å²) in [6, 6.07) is 1.85. The van der Waals surface area contributed by atoms with Gasteiger partial charge in [-0.25, -0.2) is 4.98 Å². The molecule has 0 aliphatic rings. The van der Waals surface area contributed by atoms with Gasteiger partial charge >= 0.3 is 0 Å². The first-order valence-corrected chi connectivity index (χ1v) is 3.86. The van der Waals surface area contributed by atoms with Crippen LogP contribution in [0, 0.1) is 0 Å². The average Bonchev–Trinajstić information content (AvgIpc) is 2.48. The third kappa shape index (κ3) is 0.940. The van der Waals surface area contributed by atoms with Gasteiger partial charge in [0.25, 0.3) is 0 Å². The molecule has 0 saturated carbocycles. The summed E-state index contributed by atoms with van der Waals surface area (Å²) in [5.41, 5.74) is 0.937. The van der Waals surface area contributed by atoms with Gasteiger partial charge in [0.05, 0.1) is 23.0 Å². The van der Waals surface area contributed by atoms with Crippen molar-refractivity contribution in [1.29, 1.82) is 0 Å². The lowest BCUT2D eigenvalue weighted by Crippen LogP contribution is -1.86. The maximum atomic E-state index is 5.91. The van der Waals surface area contributed by atoms with Gasteiger partial charge in [-0.3, -0.25) is 0 Å². The summed E-state index contributed by atoms with van der Waals surface area (Å²) < 4.78 is 5.05. The molecule has 3 nitrogen and oxygen atoms in total. The van der Waals surface area contributed by atoms with E-state index in [4.69, 9.17) is 16.3 Å². The van der Waals surface area contributed by atoms with Gasteiger partial charge in [0.1, 0.15) is 0 Å². The van der Waals surface area contributed by atoms with Crippen LogP contribution in [-0.2, 0) is 0 Å². The third-order valence-electron chi connectivity index (χ3n) is 1.70. The van der Waals surface area contributed by atoms with Gasteiger partial charge in [0.15, 0.2) is 0 Å². The van der Waals surface area contributed by atoms with Crippen molar-refractivity contribution in [1.82, 2.24) is 9.97 Å². The number of nitrogens with one attached hydrogen (secondary N) is 1. The van der Waals surface area contributed by atoms with E-state index < -0.39 is 0 Å². The van der Waals surface area contributed by atoms with Crippen LogP contribution in [0.1, 0.15) is 0 Å². The molecule has 0 bridgehead atoms. The summed E-state index contributed by atoms with van der Waals surface area (Å²) in [5, 5.41) is 1.47. The Morgan fingerprint density at radius 1 is 1.58 bits per heavy atom. The summed E-state index contributed by atoms with van der Waals surface area (Å²) in [4.78, 5) is 7.04. The lowest BCUT2D eigenvalue weighted by molar-refractivity contribution is 0.403. The molecule has 0 aliphatic heterocycles. The van der Waals surface area contributed by atoms with Crippen LogP contribution in [0.15, 0.2) is 18.5 Å². The molecule has 2 aromatic rings. The van der Waals surface area contributed by atoms with E-state index in [9.17, 15) is 0 Å². The minimum atomic E-state index is 0.554. The topological polar surface area (TPSA) is 37.9 Å². The molecule has 4 heteroatoms. The highest BCUT2D eigenvalue weighted by Gasteiger charge is 2.07. The van der Waals surface area contributed by atoms with E-state index in [1.807, 2.05) is 6.07 Å². The van der Waals surface area contributed by atoms with Crippen molar-refractivity contribution in [2.45, 2.75) is 0 Å². The molecule has 0 radical (unpaired) electrons. The first kappa shape index (κ1) is 7.43. The van der Waals surface area contributed by atoms with Crippen molar-refractivity contribution in [3.8, 4) is 5.88 Å². The van der Waals surface area contributed by atoms with E-state index in [0.29, 0.717) is 10.9 Å². The highest BCUT2D eigenvalue weighted by atomic mass is 35.5. The highest BCUT2D eigenvalue weighted by molar-refractivity contribution is 6.36. The van der Waals surface area contributed by atoms with E-state index >= 15 is 0 Å². The van der Waals surface area contributed by atoms with Gasteiger partial charge in [-0.05, 0) is 6.07 Å². The number of aromatic amines is 1. The Morgan fingerprint density at radius 3 is 3.17 bits per heavy atom. The molecule has 0 saturated heterocycles. The molecule has 0 fully saturated rings. The molecule has 0 amide bonds. The summed E-state index contributed by atoms with van der Waals surface area (Å²) >= 11 is 5.91. The second-order valence-electron chi connectivity index (χ2n) is 2.38. The minimum Gasteiger partial charge on any atom is -0.480 e. The molecule has 0 spiro atoms. The molecule has 1 N–H and O–H groups in total. The molecule has 2 aromatic heterocycles. The highest BCUT2D eigenvalue weighted by Crippen LogP contribution is 2.29. The molecule has 62 valence electrons. The molecule has 0 unspecified atom stereocenters. The number of H-pyrrole nitrogens is 1. The van der Waals surface area contributed by atoms with Crippen molar-refractivity contribution in [3.63, 3.8) is 0 Å². The van der Waals surface area contributed by atoms with E-state index in [1.54, 1.807) is 19.5 Å². The van der Waals surface area contributed by atoms with Crippen LogP contribution in [0.2, 0.25) is 5.02 Å². The second-order valence-corrected chi connectivity index (χ2v) is 2.79. The van der Waals surface area contributed by atoms with Crippen molar-refractivity contribution in [2.24, 2.45) is 0 Å². The molecule has 2 rings (SSSR count). The fourth-order valence-corrected chi connectivity index (χ4v) is 1.40. The zero-order chi connectivity index (χ0) is 8.55. The molecule has 0 aromatic carbocycles. The van der Waals surface area contributed by atoms with E-state index in [-0.39, 0.29) is 0 Å². The zero-order valence-corrected chi connectivity index (χ0v) is 7.22. The van der Waals surface area contributed by atoms with Crippen LogP contribution in [-0.4, -0.2) is 17.1 Å². The lowest BCUT2D eigenvalue weighted by atomic mass is 10.3. The fraction of sp³-hybridized carbons (Fsp3) is 0.125. The largest absolute Gasteiger partial charge is 0.480 e. The van der Waals surface area contributed by atoms with Crippen LogP contribution in [0.5, 0.6) is 5.88 Å². The van der Waals surface area contributed by atoms with Gasteiger partial charge in [0, 0.05) is 12.4 Å². The standard InChI is InChI=1S/C8H7ClN2O/c1-12-8-7-5(9)4-11-6(7)2-3-10-8/h2-4,11H,1H3. The van der Waals surface area contributed by atoms with E-state index in [0.717, 1.165) is 10.9 Å². The number of hydrogen-bond acceptors (Lipinski definition) is 2. The number of aromatic nitrogens is 2. The number of nitrogens with zero attached hydrogens (tertiary/aromatic N) is 1. The molecule has 2 heterocycles. The Bertz CT molecular complexity index is 410. The Morgan fingerprint density at radius 2 is 2.42 bits per heavy atom. The summed E-state index contributed by atoms with van der Waals surface area (Å²) in [7, 11) is 1.57. The number of rotatable bonds is 1. The van der Waals surface area contributed by atoms with Gasteiger partial charge in [-0.1, -0.05) is 11.6 Å².